The lowest BCUT2D eigenvalue weighted by molar-refractivity contribution is -0.120. The summed E-state index contributed by atoms with van der Waals surface area (Å²) in [5.41, 5.74) is 2.66. The quantitative estimate of drug-likeness (QED) is 0.825. The fraction of sp³-hybridized carbons (Fsp3) is 0.176. The molecule has 23 heavy (non-hydrogen) atoms. The monoisotopic (exact) mass is 390 g/mol. The summed E-state index contributed by atoms with van der Waals surface area (Å²) in [5.74, 6) is -0.304. The molecule has 2 aromatic rings. The highest BCUT2D eigenvalue weighted by Crippen LogP contribution is 2.38. The number of anilines is 2. The smallest absolute Gasteiger partial charge is 0.238 e. The first-order valence-electron chi connectivity index (χ1n) is 7.15. The van der Waals surface area contributed by atoms with Gasteiger partial charge in [0.05, 0.1) is 10.9 Å². The Labute approximate surface area is 147 Å². The van der Waals surface area contributed by atoms with Gasteiger partial charge >= 0.3 is 0 Å². The van der Waals surface area contributed by atoms with Crippen molar-refractivity contribution in [3.05, 3.63) is 52.5 Å². The van der Waals surface area contributed by atoms with E-state index in [4.69, 9.17) is 0 Å². The normalized spacial score (nSPS) is 16.4. The summed E-state index contributed by atoms with van der Waals surface area (Å²) in [6, 6.07) is 13.3. The second kappa shape index (κ2) is 6.76. The van der Waals surface area contributed by atoms with Gasteiger partial charge in [-0.3, -0.25) is 9.59 Å². The van der Waals surface area contributed by atoms with Gasteiger partial charge in [0, 0.05) is 21.5 Å². The number of carbonyl (C=O) groups is 2. The number of nitrogens with one attached hydrogen (secondary N) is 2. The third-order valence-corrected chi connectivity index (χ3v) is 5.24. The lowest BCUT2D eigenvalue weighted by Gasteiger charge is -2.23. The number of hydrogen-bond donors (Lipinski definition) is 2. The number of benzene rings is 2. The van der Waals surface area contributed by atoms with E-state index in [1.54, 1.807) is 0 Å². The summed E-state index contributed by atoms with van der Waals surface area (Å²) >= 11 is 4.80. The lowest BCUT2D eigenvalue weighted by atomic mass is 10.2. The Morgan fingerprint density at radius 1 is 1.26 bits per heavy atom. The molecule has 2 amide bonds. The topological polar surface area (TPSA) is 58.2 Å². The third kappa shape index (κ3) is 3.95. The average Bonchev–Trinajstić information content (AvgIpc) is 2.50. The summed E-state index contributed by atoms with van der Waals surface area (Å²) in [5, 5.41) is 5.27. The van der Waals surface area contributed by atoms with Crippen molar-refractivity contribution in [2.75, 3.05) is 10.6 Å². The first-order chi connectivity index (χ1) is 11.0. The van der Waals surface area contributed by atoms with Gasteiger partial charge in [0.25, 0.3) is 0 Å². The van der Waals surface area contributed by atoms with Gasteiger partial charge in [-0.1, -0.05) is 33.6 Å². The van der Waals surface area contributed by atoms with Crippen LogP contribution in [0, 0.1) is 6.92 Å². The van der Waals surface area contributed by atoms with Crippen molar-refractivity contribution < 1.29 is 9.59 Å². The molecule has 0 aromatic heterocycles. The summed E-state index contributed by atoms with van der Waals surface area (Å²) in [7, 11) is 0. The first kappa shape index (κ1) is 16.1. The fourth-order valence-corrected chi connectivity index (χ4v) is 3.73. The first-order valence-corrected chi connectivity index (χ1v) is 8.82. The lowest BCUT2D eigenvalue weighted by Crippen LogP contribution is -2.32. The van der Waals surface area contributed by atoms with Crippen molar-refractivity contribution in [1.82, 2.24) is 0 Å². The molecule has 1 unspecified atom stereocenters. The number of aryl methyl sites for hydroxylation is 1. The van der Waals surface area contributed by atoms with E-state index in [1.165, 1.54) is 11.8 Å². The molecule has 0 aliphatic carbocycles. The van der Waals surface area contributed by atoms with Gasteiger partial charge in [-0.05, 0) is 37.3 Å². The van der Waals surface area contributed by atoms with Crippen LogP contribution in [0.1, 0.15) is 12.0 Å². The maximum Gasteiger partial charge on any atom is 0.238 e. The highest BCUT2D eigenvalue weighted by Gasteiger charge is 2.29. The van der Waals surface area contributed by atoms with Crippen LogP contribution in [0.5, 0.6) is 0 Å². The maximum atomic E-state index is 12.2. The van der Waals surface area contributed by atoms with E-state index in [-0.39, 0.29) is 18.2 Å². The molecule has 0 radical (unpaired) electrons. The van der Waals surface area contributed by atoms with Crippen molar-refractivity contribution in [2.45, 2.75) is 23.5 Å². The number of carbonyl (C=O) groups excluding carboxylic acids is 2. The number of fused-ring (bicyclic) bond motifs is 1. The molecule has 3 rings (SSSR count). The molecular weight excluding hydrogens is 376 g/mol. The summed E-state index contributed by atoms with van der Waals surface area (Å²) in [4.78, 5) is 25.3. The standard InChI is InChI=1S/C17H15BrN2O2S/c1-10-2-5-12(6-3-10)19-16(21)9-15-17(22)20-13-8-11(18)4-7-14(13)23-15/h2-8,15H,9H2,1H3,(H,19,21)(H,20,22). The molecule has 6 heteroatoms. The van der Waals surface area contributed by atoms with Gasteiger partial charge in [0.2, 0.25) is 11.8 Å². The van der Waals surface area contributed by atoms with E-state index in [0.29, 0.717) is 0 Å². The molecule has 0 saturated heterocycles. The highest BCUT2D eigenvalue weighted by molar-refractivity contribution is 9.10. The summed E-state index contributed by atoms with van der Waals surface area (Å²) in [6.45, 7) is 1.99. The molecule has 0 fully saturated rings. The molecule has 118 valence electrons. The largest absolute Gasteiger partial charge is 0.326 e. The van der Waals surface area contributed by atoms with Gasteiger partial charge in [-0.15, -0.1) is 11.8 Å². The predicted molar refractivity (Wildman–Crippen MR) is 96.8 cm³/mol. The van der Waals surface area contributed by atoms with Gasteiger partial charge in [-0.25, -0.2) is 0 Å². The Balaban J connectivity index is 1.66. The zero-order chi connectivity index (χ0) is 16.4. The predicted octanol–water partition coefficient (Wildman–Crippen LogP) is 4.20. The molecule has 1 aliphatic rings. The number of rotatable bonds is 3. The Morgan fingerprint density at radius 2 is 2.00 bits per heavy atom. The molecular formula is C17H15BrN2O2S. The van der Waals surface area contributed by atoms with Crippen LogP contribution in [0.4, 0.5) is 11.4 Å². The Morgan fingerprint density at radius 3 is 2.74 bits per heavy atom. The van der Waals surface area contributed by atoms with Crippen LogP contribution in [-0.4, -0.2) is 17.1 Å². The number of thioether (sulfide) groups is 1. The van der Waals surface area contributed by atoms with Crippen LogP contribution >= 0.6 is 27.7 Å². The van der Waals surface area contributed by atoms with Crippen LogP contribution in [0.25, 0.3) is 0 Å². The number of hydrogen-bond acceptors (Lipinski definition) is 3. The molecule has 4 nitrogen and oxygen atoms in total. The molecule has 0 bridgehead atoms. The van der Waals surface area contributed by atoms with Gasteiger partial charge in [0.15, 0.2) is 0 Å². The van der Waals surface area contributed by atoms with E-state index >= 15 is 0 Å². The number of halogens is 1. The van der Waals surface area contributed by atoms with Crippen LogP contribution in [0.2, 0.25) is 0 Å². The van der Waals surface area contributed by atoms with Crippen LogP contribution in [0.3, 0.4) is 0 Å². The minimum absolute atomic E-state index is 0.139. The molecule has 0 saturated carbocycles. The second-order valence-electron chi connectivity index (χ2n) is 5.35. The molecule has 1 atom stereocenters. The molecule has 2 N–H and O–H groups in total. The second-order valence-corrected chi connectivity index (χ2v) is 7.51. The van der Waals surface area contributed by atoms with Gasteiger partial charge in [0.1, 0.15) is 0 Å². The van der Waals surface area contributed by atoms with Gasteiger partial charge in [-0.2, -0.15) is 0 Å². The molecule has 1 aliphatic heterocycles. The minimum Gasteiger partial charge on any atom is -0.326 e. The van der Waals surface area contributed by atoms with Crippen LogP contribution in [-0.2, 0) is 9.59 Å². The van der Waals surface area contributed by atoms with Gasteiger partial charge < -0.3 is 10.6 Å². The molecule has 1 heterocycles. The fourth-order valence-electron chi connectivity index (χ4n) is 2.27. The zero-order valence-electron chi connectivity index (χ0n) is 12.4. The highest BCUT2D eigenvalue weighted by atomic mass is 79.9. The van der Waals surface area contributed by atoms with E-state index < -0.39 is 5.25 Å². The van der Waals surface area contributed by atoms with Crippen molar-refractivity contribution in [2.24, 2.45) is 0 Å². The molecule has 2 aromatic carbocycles. The van der Waals surface area contributed by atoms with Crippen LogP contribution < -0.4 is 10.6 Å². The van der Waals surface area contributed by atoms with Crippen molar-refractivity contribution in [3.8, 4) is 0 Å². The third-order valence-electron chi connectivity index (χ3n) is 3.47. The van der Waals surface area contributed by atoms with E-state index in [2.05, 4.69) is 26.6 Å². The van der Waals surface area contributed by atoms with Crippen LogP contribution in [0.15, 0.2) is 51.8 Å². The minimum atomic E-state index is -0.422. The van der Waals surface area contributed by atoms with Crippen molar-refractivity contribution >= 4 is 50.9 Å². The Kier molecular flexibility index (Phi) is 4.73. The van der Waals surface area contributed by atoms with E-state index in [1.807, 2.05) is 49.4 Å². The molecule has 0 spiro atoms. The zero-order valence-corrected chi connectivity index (χ0v) is 14.8. The average molecular weight is 391 g/mol. The SMILES string of the molecule is Cc1ccc(NC(=O)CC2Sc3ccc(Br)cc3NC2=O)cc1. The maximum absolute atomic E-state index is 12.2. The Hall–Kier alpha value is -1.79. The number of amides is 2. The Bertz CT molecular complexity index is 762. The van der Waals surface area contributed by atoms with E-state index in [9.17, 15) is 9.59 Å². The van der Waals surface area contributed by atoms with Crippen molar-refractivity contribution in [1.29, 1.82) is 0 Å². The van der Waals surface area contributed by atoms with Crippen molar-refractivity contribution in [3.63, 3.8) is 0 Å². The van der Waals surface area contributed by atoms with E-state index in [0.717, 1.165) is 26.3 Å². The summed E-state index contributed by atoms with van der Waals surface area (Å²) in [6.07, 6.45) is 0.139. The summed E-state index contributed by atoms with van der Waals surface area (Å²) < 4.78 is 0.910.